The third kappa shape index (κ3) is 2.24. The number of nitriles is 1. The van der Waals surface area contributed by atoms with Crippen LogP contribution >= 0.6 is 0 Å². The van der Waals surface area contributed by atoms with Gasteiger partial charge in [0.05, 0.1) is 12.2 Å². The first kappa shape index (κ1) is 13.3. The molecule has 1 aromatic carbocycles. The second-order valence-electron chi connectivity index (χ2n) is 4.91. The molecule has 0 amide bonds. The third-order valence-electron chi connectivity index (χ3n) is 3.66. The molecule has 4 nitrogen and oxygen atoms in total. The number of nitrogens with one attached hydrogen (secondary N) is 1. The molecular weight excluding hydrogens is 240 g/mol. The van der Waals surface area contributed by atoms with Gasteiger partial charge >= 0.3 is 0 Å². The van der Waals surface area contributed by atoms with E-state index < -0.39 is 5.41 Å². The Labute approximate surface area is 112 Å². The smallest absolute Gasteiger partial charge is 0.202 e. The van der Waals surface area contributed by atoms with Gasteiger partial charge < -0.3 is 9.53 Å². The van der Waals surface area contributed by atoms with Gasteiger partial charge in [-0.2, -0.15) is 5.26 Å². The fraction of sp³-hybridized carbons (Fsp3) is 0.400. The van der Waals surface area contributed by atoms with Crippen molar-refractivity contribution < 1.29 is 9.53 Å². The highest BCUT2D eigenvalue weighted by Gasteiger charge is 2.51. The number of hydrogen-bond donors (Lipinski definition) is 1. The average molecular weight is 256 g/mol. The van der Waals surface area contributed by atoms with Gasteiger partial charge in [0.25, 0.3) is 0 Å². The summed E-state index contributed by atoms with van der Waals surface area (Å²) >= 11 is 0. The van der Waals surface area contributed by atoms with E-state index in [4.69, 9.17) is 10.1 Å². The molecule has 98 valence electrons. The molecule has 1 aromatic rings. The minimum Gasteiger partial charge on any atom is -0.477 e. The maximum Gasteiger partial charge on any atom is 0.202 e. The van der Waals surface area contributed by atoms with Crippen molar-refractivity contribution in [2.45, 2.75) is 31.8 Å². The number of aldehydes is 1. The molecule has 1 aliphatic rings. The Kier molecular flexibility index (Phi) is 3.66. The summed E-state index contributed by atoms with van der Waals surface area (Å²) in [7, 11) is 0. The molecule has 3 unspecified atom stereocenters. The molecule has 0 spiro atoms. The van der Waals surface area contributed by atoms with Crippen molar-refractivity contribution in [2.24, 2.45) is 5.41 Å². The van der Waals surface area contributed by atoms with Gasteiger partial charge in [0.2, 0.25) is 5.90 Å². The molecule has 0 bridgehead atoms. The van der Waals surface area contributed by atoms with Crippen LogP contribution in [0.4, 0.5) is 0 Å². The van der Waals surface area contributed by atoms with E-state index in [0.29, 0.717) is 6.42 Å². The molecular formula is C15H16N2O2. The van der Waals surface area contributed by atoms with Crippen LogP contribution in [0.3, 0.4) is 0 Å². The van der Waals surface area contributed by atoms with Gasteiger partial charge in [0.1, 0.15) is 11.7 Å². The maximum absolute atomic E-state index is 11.0. The molecule has 2 rings (SSSR count). The molecule has 3 atom stereocenters. The SMILES string of the molecule is CC1CC(C#N)(C(CC=O)c2ccccc2)C(=N)O1. The molecule has 0 saturated carbocycles. The van der Waals surface area contributed by atoms with Gasteiger partial charge in [0, 0.05) is 18.8 Å². The Bertz CT molecular complexity index is 521. The Hall–Kier alpha value is -2.15. The lowest BCUT2D eigenvalue weighted by atomic mass is 9.69. The number of ether oxygens (including phenoxy) is 1. The monoisotopic (exact) mass is 256 g/mol. The fourth-order valence-corrected chi connectivity index (χ4v) is 2.77. The zero-order valence-corrected chi connectivity index (χ0v) is 10.8. The summed E-state index contributed by atoms with van der Waals surface area (Å²) in [4.78, 5) is 11.0. The topological polar surface area (TPSA) is 73.9 Å². The lowest BCUT2D eigenvalue weighted by Gasteiger charge is -2.28. The molecule has 1 heterocycles. The molecule has 1 aliphatic heterocycles. The largest absolute Gasteiger partial charge is 0.477 e. The average Bonchev–Trinajstić information content (AvgIpc) is 2.72. The Balaban J connectivity index is 2.46. The van der Waals surface area contributed by atoms with Crippen molar-refractivity contribution in [3.05, 3.63) is 35.9 Å². The molecule has 0 aromatic heterocycles. The van der Waals surface area contributed by atoms with Gasteiger partial charge in [-0.15, -0.1) is 0 Å². The maximum atomic E-state index is 11.0. The van der Waals surface area contributed by atoms with E-state index in [1.54, 1.807) is 0 Å². The van der Waals surface area contributed by atoms with Crippen molar-refractivity contribution in [3.8, 4) is 6.07 Å². The second kappa shape index (κ2) is 5.23. The van der Waals surface area contributed by atoms with Gasteiger partial charge in [-0.1, -0.05) is 30.3 Å². The van der Waals surface area contributed by atoms with Crippen LogP contribution in [-0.2, 0) is 9.53 Å². The Morgan fingerprint density at radius 1 is 1.58 bits per heavy atom. The van der Waals surface area contributed by atoms with Gasteiger partial charge in [0.15, 0.2) is 0 Å². The summed E-state index contributed by atoms with van der Waals surface area (Å²) in [6.45, 7) is 1.84. The minimum atomic E-state index is -1.03. The van der Waals surface area contributed by atoms with Gasteiger partial charge in [-0.05, 0) is 12.5 Å². The molecule has 1 N–H and O–H groups in total. The summed E-state index contributed by atoms with van der Waals surface area (Å²) < 4.78 is 5.36. The Morgan fingerprint density at radius 3 is 2.74 bits per heavy atom. The first-order valence-electron chi connectivity index (χ1n) is 6.29. The van der Waals surface area contributed by atoms with Crippen LogP contribution in [0.5, 0.6) is 0 Å². The first-order chi connectivity index (χ1) is 9.14. The van der Waals surface area contributed by atoms with E-state index >= 15 is 0 Å². The molecule has 4 heteroatoms. The van der Waals surface area contributed by atoms with Crippen molar-refractivity contribution in [2.75, 3.05) is 0 Å². The summed E-state index contributed by atoms with van der Waals surface area (Å²) in [6.07, 6.45) is 1.32. The highest BCUT2D eigenvalue weighted by atomic mass is 16.5. The van der Waals surface area contributed by atoms with Crippen LogP contribution in [0.15, 0.2) is 30.3 Å². The van der Waals surface area contributed by atoms with E-state index in [-0.39, 0.29) is 24.3 Å². The number of hydrogen-bond acceptors (Lipinski definition) is 4. The lowest BCUT2D eigenvalue weighted by molar-refractivity contribution is -0.108. The van der Waals surface area contributed by atoms with Crippen molar-refractivity contribution in [1.29, 1.82) is 10.7 Å². The number of benzene rings is 1. The van der Waals surface area contributed by atoms with Gasteiger partial charge in [-0.25, -0.2) is 0 Å². The summed E-state index contributed by atoms with van der Waals surface area (Å²) in [6, 6.07) is 11.7. The minimum absolute atomic E-state index is 0.0156. The Morgan fingerprint density at radius 2 is 2.26 bits per heavy atom. The van der Waals surface area contributed by atoms with Gasteiger partial charge in [-0.3, -0.25) is 5.41 Å². The van der Waals surface area contributed by atoms with Crippen LogP contribution in [0, 0.1) is 22.2 Å². The highest BCUT2D eigenvalue weighted by Crippen LogP contribution is 2.47. The molecule has 19 heavy (non-hydrogen) atoms. The molecule has 0 radical (unpaired) electrons. The fourth-order valence-electron chi connectivity index (χ4n) is 2.77. The van der Waals surface area contributed by atoms with Crippen LogP contribution in [0.2, 0.25) is 0 Å². The van der Waals surface area contributed by atoms with E-state index in [0.717, 1.165) is 11.8 Å². The standard InChI is InChI=1S/C15H16N2O2/c1-11-9-15(10-16,14(17)19-11)13(7-8-18)12-5-3-2-4-6-12/h2-6,8,11,13,17H,7,9H2,1H3. The highest BCUT2D eigenvalue weighted by molar-refractivity contribution is 5.86. The molecule has 1 saturated heterocycles. The quantitative estimate of drug-likeness (QED) is 0.841. The third-order valence-corrected chi connectivity index (χ3v) is 3.66. The molecule has 0 aliphatic carbocycles. The van der Waals surface area contributed by atoms with Crippen LogP contribution in [-0.4, -0.2) is 18.3 Å². The van der Waals surface area contributed by atoms with Crippen LogP contribution in [0.1, 0.15) is 31.2 Å². The predicted octanol–water partition coefficient (Wildman–Crippen LogP) is 2.66. The second-order valence-corrected chi connectivity index (χ2v) is 4.91. The lowest BCUT2D eigenvalue weighted by Crippen LogP contribution is -2.32. The van der Waals surface area contributed by atoms with Crippen molar-refractivity contribution in [1.82, 2.24) is 0 Å². The normalized spacial score (nSPS) is 27.4. The van der Waals surface area contributed by atoms with E-state index in [1.807, 2.05) is 37.3 Å². The summed E-state index contributed by atoms with van der Waals surface area (Å²) in [5, 5.41) is 17.6. The predicted molar refractivity (Wildman–Crippen MR) is 70.8 cm³/mol. The van der Waals surface area contributed by atoms with E-state index in [1.165, 1.54) is 0 Å². The zero-order chi connectivity index (χ0) is 13.9. The van der Waals surface area contributed by atoms with Crippen molar-refractivity contribution >= 4 is 12.2 Å². The van der Waals surface area contributed by atoms with E-state index in [9.17, 15) is 10.1 Å². The molecule has 1 fully saturated rings. The van der Waals surface area contributed by atoms with Crippen LogP contribution in [0.25, 0.3) is 0 Å². The van der Waals surface area contributed by atoms with E-state index in [2.05, 4.69) is 6.07 Å². The number of carbonyl (C=O) groups excluding carboxylic acids is 1. The first-order valence-corrected chi connectivity index (χ1v) is 6.29. The van der Waals surface area contributed by atoms with Crippen molar-refractivity contribution in [3.63, 3.8) is 0 Å². The summed E-state index contributed by atoms with van der Waals surface area (Å²) in [5.41, 5.74) is -0.125. The summed E-state index contributed by atoms with van der Waals surface area (Å²) in [5.74, 6) is -0.341. The number of nitrogens with zero attached hydrogens (tertiary/aromatic N) is 1. The number of rotatable bonds is 4. The van der Waals surface area contributed by atoms with Crippen LogP contribution < -0.4 is 0 Å². The zero-order valence-electron chi connectivity index (χ0n) is 10.8. The number of carbonyl (C=O) groups is 1.